The summed E-state index contributed by atoms with van der Waals surface area (Å²) in [6, 6.07) is 0. The topological polar surface area (TPSA) is 79.3 Å². The summed E-state index contributed by atoms with van der Waals surface area (Å²) in [6.45, 7) is 3.98. The van der Waals surface area contributed by atoms with Gasteiger partial charge in [-0.25, -0.2) is 4.79 Å². The molecule has 1 aromatic heterocycles. The maximum absolute atomic E-state index is 11.1. The molecule has 0 radical (unpaired) electrons. The second-order valence-corrected chi connectivity index (χ2v) is 6.04. The molecule has 2 atom stereocenters. The monoisotopic (exact) mass is 262 g/mol. The van der Waals surface area contributed by atoms with E-state index in [1.54, 1.807) is 13.2 Å². The number of nitrogens with zero attached hydrogens (tertiary/aromatic N) is 1. The van der Waals surface area contributed by atoms with Crippen molar-refractivity contribution in [2.45, 2.75) is 19.1 Å². The quantitative estimate of drug-likeness (QED) is 0.837. The Labute approximate surface area is 101 Å². The third-order valence-electron chi connectivity index (χ3n) is 2.19. The highest BCUT2D eigenvalue weighted by molar-refractivity contribution is 7.84. The van der Waals surface area contributed by atoms with E-state index in [1.165, 1.54) is 0 Å². The molecule has 1 rings (SSSR count). The predicted octanol–water partition coefficient (Wildman–Crippen LogP) is 1.33. The zero-order chi connectivity index (χ0) is 12.3. The van der Waals surface area contributed by atoms with E-state index in [-0.39, 0.29) is 10.8 Å². The highest BCUT2D eigenvalue weighted by Gasteiger charge is 2.18. The van der Waals surface area contributed by atoms with Crippen LogP contribution >= 0.6 is 11.5 Å². The van der Waals surface area contributed by atoms with E-state index in [1.807, 2.05) is 6.92 Å². The van der Waals surface area contributed by atoms with E-state index >= 15 is 0 Å². The molecular weight excluding hydrogens is 248 g/mol. The Bertz CT molecular complexity index is 417. The SMILES string of the molecule is Cc1nsc(NCC(C)S(C)=O)c1C(=O)O. The Kier molecular flexibility index (Phi) is 4.43. The van der Waals surface area contributed by atoms with Crippen molar-refractivity contribution in [3.8, 4) is 0 Å². The minimum atomic E-state index is -0.987. The van der Waals surface area contributed by atoms with E-state index in [2.05, 4.69) is 9.69 Å². The first-order valence-electron chi connectivity index (χ1n) is 4.69. The minimum Gasteiger partial charge on any atom is -0.478 e. The number of carboxylic acids is 1. The molecule has 2 unspecified atom stereocenters. The number of aromatic nitrogens is 1. The molecule has 16 heavy (non-hydrogen) atoms. The summed E-state index contributed by atoms with van der Waals surface area (Å²) in [4.78, 5) is 10.9. The van der Waals surface area contributed by atoms with Crippen LogP contribution in [0, 0.1) is 6.92 Å². The molecule has 90 valence electrons. The molecule has 2 N–H and O–H groups in total. The molecule has 0 fully saturated rings. The fraction of sp³-hybridized carbons (Fsp3) is 0.556. The van der Waals surface area contributed by atoms with E-state index in [4.69, 9.17) is 5.11 Å². The maximum Gasteiger partial charge on any atom is 0.340 e. The van der Waals surface area contributed by atoms with Crippen molar-refractivity contribution in [2.75, 3.05) is 18.1 Å². The van der Waals surface area contributed by atoms with Gasteiger partial charge in [-0.2, -0.15) is 4.37 Å². The van der Waals surface area contributed by atoms with Crippen molar-refractivity contribution >= 4 is 33.3 Å². The molecule has 0 amide bonds. The summed E-state index contributed by atoms with van der Waals surface area (Å²) < 4.78 is 15.1. The summed E-state index contributed by atoms with van der Waals surface area (Å²) in [5.41, 5.74) is 0.712. The predicted molar refractivity (Wildman–Crippen MR) is 65.8 cm³/mol. The number of hydrogen-bond donors (Lipinski definition) is 2. The van der Waals surface area contributed by atoms with Gasteiger partial charge in [0.25, 0.3) is 0 Å². The van der Waals surface area contributed by atoms with Gasteiger partial charge in [-0.05, 0) is 25.4 Å². The van der Waals surface area contributed by atoms with Crippen LogP contribution in [0.2, 0.25) is 0 Å². The third-order valence-corrected chi connectivity index (χ3v) is 4.39. The van der Waals surface area contributed by atoms with Crippen LogP contribution in [0.5, 0.6) is 0 Å². The van der Waals surface area contributed by atoms with Crippen molar-refractivity contribution in [1.82, 2.24) is 4.37 Å². The van der Waals surface area contributed by atoms with Crippen LogP contribution in [0.25, 0.3) is 0 Å². The Morgan fingerprint density at radius 3 is 2.81 bits per heavy atom. The standard InChI is InChI=1S/C9H14N2O3S2/c1-5(16(3)14)4-10-8-7(9(12)13)6(2)11-15-8/h5,10H,4H2,1-3H3,(H,12,13). The van der Waals surface area contributed by atoms with Crippen molar-refractivity contribution in [2.24, 2.45) is 0 Å². The largest absolute Gasteiger partial charge is 0.478 e. The second kappa shape index (κ2) is 5.40. The molecule has 0 saturated carbocycles. The van der Waals surface area contributed by atoms with Gasteiger partial charge in [-0.1, -0.05) is 0 Å². The molecule has 7 heteroatoms. The summed E-state index contributed by atoms with van der Waals surface area (Å²) in [7, 11) is -0.920. The van der Waals surface area contributed by atoms with Crippen LogP contribution in [0.3, 0.4) is 0 Å². The van der Waals surface area contributed by atoms with Gasteiger partial charge in [0, 0.05) is 28.9 Å². The van der Waals surface area contributed by atoms with E-state index in [0.717, 1.165) is 11.5 Å². The molecule has 0 bridgehead atoms. The molecule has 0 saturated heterocycles. The molecule has 1 aromatic rings. The highest BCUT2D eigenvalue weighted by atomic mass is 32.2. The van der Waals surface area contributed by atoms with E-state index in [0.29, 0.717) is 17.2 Å². The maximum atomic E-state index is 11.1. The Morgan fingerprint density at radius 1 is 1.69 bits per heavy atom. The number of carboxylic acid groups (broad SMARTS) is 1. The Morgan fingerprint density at radius 2 is 2.31 bits per heavy atom. The molecule has 5 nitrogen and oxygen atoms in total. The lowest BCUT2D eigenvalue weighted by Crippen LogP contribution is -2.21. The van der Waals surface area contributed by atoms with Crippen LogP contribution < -0.4 is 5.32 Å². The normalized spacial score (nSPS) is 14.4. The van der Waals surface area contributed by atoms with Crippen LogP contribution in [-0.4, -0.2) is 37.7 Å². The van der Waals surface area contributed by atoms with Crippen molar-refractivity contribution < 1.29 is 14.1 Å². The number of aromatic carboxylic acids is 1. The second-order valence-electron chi connectivity index (χ2n) is 3.47. The lowest BCUT2D eigenvalue weighted by Gasteiger charge is -2.09. The van der Waals surface area contributed by atoms with Crippen LogP contribution in [0.15, 0.2) is 0 Å². The fourth-order valence-corrected chi connectivity index (χ4v) is 2.21. The van der Waals surface area contributed by atoms with Gasteiger partial charge in [0.05, 0.1) is 5.69 Å². The number of aryl methyl sites for hydroxylation is 1. The third kappa shape index (κ3) is 3.02. The number of carbonyl (C=O) groups is 1. The van der Waals surface area contributed by atoms with Gasteiger partial charge in [0.2, 0.25) is 0 Å². The van der Waals surface area contributed by atoms with Gasteiger partial charge in [0.15, 0.2) is 0 Å². The summed E-state index contributed by atoms with van der Waals surface area (Å²) in [6.07, 6.45) is 1.63. The highest BCUT2D eigenvalue weighted by Crippen LogP contribution is 2.24. The van der Waals surface area contributed by atoms with Crippen molar-refractivity contribution in [1.29, 1.82) is 0 Å². The Balaban J connectivity index is 2.75. The van der Waals surface area contributed by atoms with Crippen LogP contribution in [-0.2, 0) is 10.8 Å². The number of hydrogen-bond acceptors (Lipinski definition) is 5. The summed E-state index contributed by atoms with van der Waals surface area (Å²) >= 11 is 1.12. The van der Waals surface area contributed by atoms with Gasteiger partial charge in [0.1, 0.15) is 10.6 Å². The van der Waals surface area contributed by atoms with E-state index in [9.17, 15) is 9.00 Å². The first-order valence-corrected chi connectivity index (χ1v) is 7.08. The van der Waals surface area contributed by atoms with Crippen molar-refractivity contribution in [3.05, 3.63) is 11.3 Å². The number of nitrogens with one attached hydrogen (secondary N) is 1. The van der Waals surface area contributed by atoms with Gasteiger partial charge in [-0.15, -0.1) is 0 Å². The smallest absolute Gasteiger partial charge is 0.340 e. The molecule has 0 aromatic carbocycles. The van der Waals surface area contributed by atoms with Crippen molar-refractivity contribution in [3.63, 3.8) is 0 Å². The first-order chi connectivity index (χ1) is 7.43. The fourth-order valence-electron chi connectivity index (χ4n) is 1.10. The molecular formula is C9H14N2O3S2. The van der Waals surface area contributed by atoms with Crippen LogP contribution in [0.4, 0.5) is 5.00 Å². The van der Waals surface area contributed by atoms with Crippen LogP contribution in [0.1, 0.15) is 23.0 Å². The molecule has 1 heterocycles. The number of rotatable bonds is 5. The summed E-state index contributed by atoms with van der Waals surface area (Å²) in [5, 5.41) is 12.5. The van der Waals surface area contributed by atoms with E-state index < -0.39 is 16.8 Å². The molecule has 0 aliphatic carbocycles. The summed E-state index contributed by atoms with van der Waals surface area (Å²) in [5.74, 6) is -0.987. The lowest BCUT2D eigenvalue weighted by molar-refractivity contribution is 0.0697. The molecule has 0 spiro atoms. The Hall–Kier alpha value is -0.950. The van der Waals surface area contributed by atoms with Gasteiger partial charge < -0.3 is 10.4 Å². The zero-order valence-electron chi connectivity index (χ0n) is 9.31. The van der Waals surface area contributed by atoms with Gasteiger partial charge >= 0.3 is 5.97 Å². The zero-order valence-corrected chi connectivity index (χ0v) is 10.9. The molecule has 0 aliphatic rings. The lowest BCUT2D eigenvalue weighted by atomic mass is 10.2. The first kappa shape index (κ1) is 13.1. The minimum absolute atomic E-state index is 0.0240. The average molecular weight is 262 g/mol. The average Bonchev–Trinajstić information content (AvgIpc) is 2.55. The molecule has 0 aliphatic heterocycles. The number of anilines is 1. The van der Waals surface area contributed by atoms with Gasteiger partial charge in [-0.3, -0.25) is 4.21 Å².